The lowest BCUT2D eigenvalue weighted by Gasteiger charge is -2.29. The highest BCUT2D eigenvalue weighted by molar-refractivity contribution is 9.10. The largest absolute Gasteiger partial charge is 0.354 e. The Morgan fingerprint density at radius 2 is 1.85 bits per heavy atom. The maximum atomic E-state index is 13.0. The van der Waals surface area contributed by atoms with E-state index in [2.05, 4.69) is 21.2 Å². The first kappa shape index (κ1) is 21.5. The number of halogens is 2. The number of hydrogen-bond donors (Lipinski definition) is 1. The second-order valence-corrected chi connectivity index (χ2v) is 7.77. The fourth-order valence-electron chi connectivity index (χ4n) is 2.69. The van der Waals surface area contributed by atoms with Gasteiger partial charge in [-0.25, -0.2) is 0 Å². The smallest absolute Gasteiger partial charge is 0.242 e. The summed E-state index contributed by atoms with van der Waals surface area (Å²) in [6, 6.07) is 14.4. The number of nitrogens with one attached hydrogen (secondary N) is 1. The molecule has 1 atom stereocenters. The first-order valence-corrected chi connectivity index (χ1v) is 10.1. The number of nitrogens with zero attached hydrogens (tertiary/aromatic N) is 1. The average Bonchev–Trinajstić information content (AvgIpc) is 2.65. The van der Waals surface area contributed by atoms with Crippen LogP contribution in [-0.4, -0.2) is 29.3 Å². The lowest BCUT2D eigenvalue weighted by atomic mass is 10.1. The van der Waals surface area contributed by atoms with Crippen LogP contribution in [-0.2, 0) is 22.6 Å². The van der Waals surface area contributed by atoms with Crippen molar-refractivity contribution in [3.63, 3.8) is 0 Å². The van der Waals surface area contributed by atoms with Crippen molar-refractivity contribution in [1.82, 2.24) is 10.2 Å². The van der Waals surface area contributed by atoms with Gasteiger partial charge in [0.1, 0.15) is 6.04 Å². The number of carbonyl (C=O) groups is 2. The van der Waals surface area contributed by atoms with Gasteiger partial charge in [-0.1, -0.05) is 58.7 Å². The van der Waals surface area contributed by atoms with Gasteiger partial charge < -0.3 is 10.2 Å². The molecule has 2 rings (SSSR count). The van der Waals surface area contributed by atoms with Gasteiger partial charge in [-0.2, -0.15) is 0 Å². The highest BCUT2D eigenvalue weighted by Crippen LogP contribution is 2.17. The Labute approximate surface area is 174 Å². The van der Waals surface area contributed by atoms with Gasteiger partial charge in [0.05, 0.1) is 6.42 Å². The zero-order valence-corrected chi connectivity index (χ0v) is 17.9. The summed E-state index contributed by atoms with van der Waals surface area (Å²) in [5.41, 5.74) is 1.79. The maximum Gasteiger partial charge on any atom is 0.242 e. The van der Waals surface area contributed by atoms with E-state index >= 15 is 0 Å². The molecular formula is C21H24BrClN2O2. The van der Waals surface area contributed by atoms with Crippen molar-refractivity contribution in [2.24, 2.45) is 0 Å². The van der Waals surface area contributed by atoms with E-state index in [4.69, 9.17) is 11.6 Å². The summed E-state index contributed by atoms with van der Waals surface area (Å²) < 4.78 is 0.969. The molecule has 0 aliphatic rings. The molecule has 1 N–H and O–H groups in total. The van der Waals surface area contributed by atoms with Crippen molar-refractivity contribution in [1.29, 1.82) is 0 Å². The van der Waals surface area contributed by atoms with Gasteiger partial charge in [0.2, 0.25) is 11.8 Å². The first-order valence-electron chi connectivity index (χ1n) is 8.96. The Morgan fingerprint density at radius 1 is 1.15 bits per heavy atom. The highest BCUT2D eigenvalue weighted by atomic mass is 79.9. The van der Waals surface area contributed by atoms with Gasteiger partial charge in [0.25, 0.3) is 0 Å². The lowest BCUT2D eigenvalue weighted by molar-refractivity contribution is -0.140. The number of hydrogen-bond acceptors (Lipinski definition) is 2. The van der Waals surface area contributed by atoms with E-state index < -0.39 is 6.04 Å². The average molecular weight is 452 g/mol. The Kier molecular flexibility index (Phi) is 8.32. The van der Waals surface area contributed by atoms with Gasteiger partial charge >= 0.3 is 0 Å². The van der Waals surface area contributed by atoms with Crippen LogP contribution in [0.5, 0.6) is 0 Å². The molecule has 0 spiro atoms. The Hall–Kier alpha value is -1.85. The van der Waals surface area contributed by atoms with E-state index in [9.17, 15) is 9.59 Å². The van der Waals surface area contributed by atoms with Crippen molar-refractivity contribution < 1.29 is 9.59 Å². The summed E-state index contributed by atoms with van der Waals surface area (Å²) in [6.07, 6.45) is 1.05. The zero-order chi connectivity index (χ0) is 19.8. The van der Waals surface area contributed by atoms with Crippen LogP contribution in [0.15, 0.2) is 53.0 Å². The molecular weight excluding hydrogens is 428 g/mol. The lowest BCUT2D eigenvalue weighted by Crippen LogP contribution is -2.48. The number of rotatable bonds is 8. The number of carbonyl (C=O) groups excluding carboxylic acids is 2. The van der Waals surface area contributed by atoms with Crippen molar-refractivity contribution in [2.75, 3.05) is 6.54 Å². The van der Waals surface area contributed by atoms with Gasteiger partial charge in [0, 0.05) is 22.6 Å². The van der Waals surface area contributed by atoms with Crippen LogP contribution in [0.3, 0.4) is 0 Å². The van der Waals surface area contributed by atoms with Crippen molar-refractivity contribution in [2.45, 2.75) is 39.3 Å². The van der Waals surface area contributed by atoms with Crippen LogP contribution in [0.1, 0.15) is 31.4 Å². The van der Waals surface area contributed by atoms with Crippen molar-refractivity contribution in [3.05, 3.63) is 69.2 Å². The summed E-state index contributed by atoms with van der Waals surface area (Å²) in [5.74, 6) is -0.257. The molecule has 2 aromatic carbocycles. The number of amides is 2. The van der Waals surface area contributed by atoms with E-state index in [-0.39, 0.29) is 18.2 Å². The molecule has 0 unspecified atom stereocenters. The minimum Gasteiger partial charge on any atom is -0.354 e. The molecule has 0 aliphatic heterocycles. The molecule has 144 valence electrons. The molecule has 0 saturated carbocycles. The van der Waals surface area contributed by atoms with Crippen LogP contribution in [0.25, 0.3) is 0 Å². The van der Waals surface area contributed by atoms with Crippen molar-refractivity contribution >= 4 is 39.3 Å². The predicted octanol–water partition coefficient (Wildman–Crippen LogP) is 4.59. The third kappa shape index (κ3) is 6.67. The summed E-state index contributed by atoms with van der Waals surface area (Å²) in [7, 11) is 0. The second kappa shape index (κ2) is 10.5. The first-order chi connectivity index (χ1) is 12.9. The fourth-order valence-corrected chi connectivity index (χ4v) is 3.17. The third-order valence-electron chi connectivity index (χ3n) is 4.23. The van der Waals surface area contributed by atoms with E-state index in [1.54, 1.807) is 24.0 Å². The molecule has 0 heterocycles. The Morgan fingerprint density at radius 3 is 2.48 bits per heavy atom. The van der Waals surface area contributed by atoms with E-state index in [0.29, 0.717) is 18.1 Å². The van der Waals surface area contributed by atoms with E-state index in [1.807, 2.05) is 43.3 Å². The third-order valence-corrected chi connectivity index (χ3v) is 4.99. The monoisotopic (exact) mass is 450 g/mol. The quantitative estimate of drug-likeness (QED) is 0.638. The molecule has 0 fully saturated rings. The second-order valence-electron chi connectivity index (χ2n) is 6.42. The van der Waals surface area contributed by atoms with Gasteiger partial charge in [-0.3, -0.25) is 9.59 Å². The summed E-state index contributed by atoms with van der Waals surface area (Å²) in [4.78, 5) is 27.1. The zero-order valence-electron chi connectivity index (χ0n) is 15.5. The predicted molar refractivity (Wildman–Crippen MR) is 113 cm³/mol. The van der Waals surface area contributed by atoms with Gasteiger partial charge in [0.15, 0.2) is 0 Å². The van der Waals surface area contributed by atoms with Crippen LogP contribution >= 0.6 is 27.5 Å². The minimum atomic E-state index is -0.563. The molecule has 2 amide bonds. The molecule has 0 saturated heterocycles. The molecule has 0 radical (unpaired) electrons. The maximum absolute atomic E-state index is 13.0. The highest BCUT2D eigenvalue weighted by Gasteiger charge is 2.26. The molecule has 0 aromatic heterocycles. The summed E-state index contributed by atoms with van der Waals surface area (Å²) in [5, 5.41) is 3.47. The molecule has 27 heavy (non-hydrogen) atoms. The van der Waals surface area contributed by atoms with Crippen LogP contribution < -0.4 is 5.32 Å². The van der Waals surface area contributed by atoms with Gasteiger partial charge in [-0.05, 0) is 48.7 Å². The molecule has 2 aromatic rings. The summed E-state index contributed by atoms with van der Waals surface area (Å²) >= 11 is 9.44. The fraction of sp³-hybridized carbons (Fsp3) is 0.333. The molecule has 6 heteroatoms. The van der Waals surface area contributed by atoms with Crippen LogP contribution in [0.2, 0.25) is 5.02 Å². The Balaban J connectivity index is 2.20. The molecule has 4 nitrogen and oxygen atoms in total. The Bertz CT molecular complexity index is 780. The molecule has 0 aliphatic carbocycles. The van der Waals surface area contributed by atoms with Crippen LogP contribution in [0.4, 0.5) is 0 Å². The van der Waals surface area contributed by atoms with Gasteiger partial charge in [-0.15, -0.1) is 0 Å². The van der Waals surface area contributed by atoms with Crippen molar-refractivity contribution in [3.8, 4) is 0 Å². The van der Waals surface area contributed by atoms with E-state index in [0.717, 1.165) is 22.0 Å². The normalized spacial score (nSPS) is 11.7. The van der Waals surface area contributed by atoms with Crippen LogP contribution in [0, 0.1) is 0 Å². The standard InChI is InChI=1S/C21H24BrClN2O2/c1-3-11-24-21(27)15(2)25(14-16-7-9-18(22)10-8-16)20(26)13-17-5-4-6-19(23)12-17/h4-10,12,15H,3,11,13-14H2,1-2H3,(H,24,27)/t15-/m1/s1. The molecule has 0 bridgehead atoms. The number of benzene rings is 2. The SMILES string of the molecule is CCCNC(=O)[C@@H](C)N(Cc1ccc(Br)cc1)C(=O)Cc1cccc(Cl)c1. The minimum absolute atomic E-state index is 0.112. The topological polar surface area (TPSA) is 49.4 Å². The van der Waals surface area contributed by atoms with E-state index in [1.165, 1.54) is 0 Å². The summed E-state index contributed by atoms with van der Waals surface area (Å²) in [6.45, 7) is 4.72.